The van der Waals surface area contributed by atoms with Gasteiger partial charge >= 0.3 is 20.2 Å². The van der Waals surface area contributed by atoms with Crippen LogP contribution in [-0.2, 0) is 20.2 Å². The van der Waals surface area contributed by atoms with E-state index in [0.717, 1.165) is 0 Å². The Morgan fingerprint density at radius 3 is 0.933 bits per heavy atom. The van der Waals surface area contributed by atoms with Crippen LogP contribution in [0.1, 0.15) is 0 Å². The van der Waals surface area contributed by atoms with E-state index in [1.807, 2.05) is 0 Å². The lowest BCUT2D eigenvalue weighted by atomic mass is 10.00. The Balaban J connectivity index is 2.98. The van der Waals surface area contributed by atoms with Gasteiger partial charge < -0.3 is 10.2 Å². The molecule has 0 aromatic heterocycles. The minimum absolute atomic E-state index is 1.54. The van der Waals surface area contributed by atoms with Gasteiger partial charge in [-0.2, -0.15) is 16.8 Å². The molecule has 3 aromatic rings. The number of phenols is 2. The summed E-state index contributed by atoms with van der Waals surface area (Å²) < 4.78 is 63.2. The highest BCUT2D eigenvalue weighted by Crippen LogP contribution is 2.28. The molecule has 3 rings (SSSR count). The Labute approximate surface area is 161 Å². The summed E-state index contributed by atoms with van der Waals surface area (Å²) in [5.41, 5.74) is -12.3. The Bertz CT molecular complexity index is 1720. The second-order valence-electron chi connectivity index (χ2n) is 5.78. The fraction of sp³-hybridized carbons (Fsp3) is 0. The summed E-state index contributed by atoms with van der Waals surface area (Å²) in [4.78, 5) is 69.5. The van der Waals surface area contributed by atoms with E-state index >= 15 is 0 Å². The van der Waals surface area contributed by atoms with Crippen molar-refractivity contribution in [2.45, 2.75) is 9.79 Å². The van der Waals surface area contributed by atoms with E-state index in [0.29, 0.717) is 0 Å². The van der Waals surface area contributed by atoms with Crippen molar-refractivity contribution in [3.63, 3.8) is 0 Å². The number of fused-ring (bicyclic) bond motifs is 2. The average molecular weight is 460 g/mol. The normalized spacial score (nSPS) is 12.6. The number of aromatic hydroxyl groups is 2. The molecule has 3 aromatic carbocycles. The summed E-state index contributed by atoms with van der Waals surface area (Å²) in [6, 6.07) is 0. The van der Waals surface area contributed by atoms with Crippen LogP contribution in [0.25, 0.3) is 21.5 Å². The SMILES string of the molecule is O=c1c(S(=O)(=O)O)c(O)c2c(=O)c3c(=O)c(=O)c(S(=O)(=O)O)c(O)c3c(=O)c2c1=O. The third-order valence-electron chi connectivity index (χ3n) is 4.11. The van der Waals surface area contributed by atoms with Crippen LogP contribution >= 0.6 is 0 Å². The molecule has 0 unspecified atom stereocenters. The second kappa shape index (κ2) is 5.95. The highest BCUT2D eigenvalue weighted by molar-refractivity contribution is 7.86. The Morgan fingerprint density at radius 2 is 0.700 bits per heavy atom. The number of phenolic OH excluding ortho intramolecular Hbond substituents is 2. The Morgan fingerprint density at radius 1 is 0.433 bits per heavy atom. The van der Waals surface area contributed by atoms with E-state index < -0.39 is 95.6 Å². The van der Waals surface area contributed by atoms with E-state index in [-0.39, 0.29) is 0 Å². The van der Waals surface area contributed by atoms with Crippen LogP contribution in [0, 0.1) is 0 Å². The molecular weight excluding hydrogens is 456 g/mol. The van der Waals surface area contributed by atoms with Gasteiger partial charge in [0, 0.05) is 0 Å². The van der Waals surface area contributed by atoms with Crippen molar-refractivity contribution in [1.29, 1.82) is 0 Å². The van der Waals surface area contributed by atoms with Crippen molar-refractivity contribution in [1.82, 2.24) is 0 Å². The molecule has 0 bridgehead atoms. The second-order valence-corrected chi connectivity index (χ2v) is 8.50. The summed E-state index contributed by atoms with van der Waals surface area (Å²) in [5, 5.41) is 13.7. The van der Waals surface area contributed by atoms with Gasteiger partial charge in [-0.05, 0) is 0 Å². The quantitative estimate of drug-likeness (QED) is 0.164. The smallest absolute Gasteiger partial charge is 0.302 e. The lowest BCUT2D eigenvalue weighted by Crippen LogP contribution is -2.38. The zero-order chi connectivity index (χ0) is 23.1. The van der Waals surface area contributed by atoms with Crippen molar-refractivity contribution in [3.05, 3.63) is 61.3 Å². The number of hydrogen-bond donors (Lipinski definition) is 4. The van der Waals surface area contributed by atoms with Crippen molar-refractivity contribution in [2.24, 2.45) is 0 Å². The highest BCUT2D eigenvalue weighted by Gasteiger charge is 2.33. The molecule has 156 valence electrons. The minimum Gasteiger partial charge on any atom is -0.506 e. The maximum atomic E-state index is 12.6. The van der Waals surface area contributed by atoms with Crippen LogP contribution < -0.4 is 32.6 Å². The monoisotopic (exact) mass is 460 g/mol. The zero-order valence-electron chi connectivity index (χ0n) is 13.7. The third-order valence-corrected chi connectivity index (χ3v) is 5.90. The molecule has 0 atom stereocenters. The predicted octanol–water partition coefficient (Wildman–Crippen LogP) is -3.63. The van der Waals surface area contributed by atoms with Gasteiger partial charge in [0.1, 0.15) is 0 Å². The Kier molecular flexibility index (Phi) is 4.19. The van der Waals surface area contributed by atoms with Crippen LogP contribution in [0.4, 0.5) is 0 Å². The van der Waals surface area contributed by atoms with Gasteiger partial charge in [0.05, 0.1) is 21.5 Å². The van der Waals surface area contributed by atoms with E-state index in [9.17, 15) is 55.8 Å². The largest absolute Gasteiger partial charge is 0.506 e. The number of benzene rings is 3. The zero-order valence-corrected chi connectivity index (χ0v) is 15.3. The third kappa shape index (κ3) is 2.55. The first-order valence-electron chi connectivity index (χ1n) is 7.11. The van der Waals surface area contributed by atoms with Crippen molar-refractivity contribution < 1.29 is 36.2 Å². The first-order valence-corrected chi connectivity index (χ1v) is 9.99. The average Bonchev–Trinajstić information content (AvgIpc) is 2.56. The molecule has 14 nitrogen and oxygen atoms in total. The first-order chi connectivity index (χ1) is 13.5. The van der Waals surface area contributed by atoms with Crippen LogP contribution in [0.5, 0.6) is 11.5 Å². The van der Waals surface area contributed by atoms with Crippen LogP contribution in [0.15, 0.2) is 38.6 Å². The maximum absolute atomic E-state index is 12.6. The molecule has 4 N–H and O–H groups in total. The van der Waals surface area contributed by atoms with Crippen LogP contribution in [-0.4, -0.2) is 36.2 Å². The molecule has 0 amide bonds. The standard InChI is InChI=1S/C14H4O14S2/c15-5-1-3(9(19)13(29(23,24)25)11(21)7(1)17)6(16)2-4(5)10(20)14(30(26,27)28)12(22)8(2)18/h19-20H,(H,23,24,25)(H,26,27,28). The fourth-order valence-electron chi connectivity index (χ4n) is 2.94. The molecule has 0 aliphatic heterocycles. The van der Waals surface area contributed by atoms with Crippen molar-refractivity contribution in [3.8, 4) is 11.5 Å². The van der Waals surface area contributed by atoms with E-state index in [1.54, 1.807) is 0 Å². The molecular formula is C14H4O14S2. The summed E-state index contributed by atoms with van der Waals surface area (Å²) >= 11 is 0. The summed E-state index contributed by atoms with van der Waals surface area (Å²) in [7, 11) is -11.2. The summed E-state index contributed by atoms with van der Waals surface area (Å²) in [5.74, 6) is -3.77. The lowest BCUT2D eigenvalue weighted by molar-refractivity contribution is 0.443. The van der Waals surface area contributed by atoms with Crippen LogP contribution in [0.2, 0.25) is 0 Å². The van der Waals surface area contributed by atoms with Gasteiger partial charge in [-0.1, -0.05) is 0 Å². The molecule has 0 saturated carbocycles. The van der Waals surface area contributed by atoms with Gasteiger partial charge in [-0.3, -0.25) is 37.9 Å². The maximum Gasteiger partial charge on any atom is 0.302 e. The van der Waals surface area contributed by atoms with Gasteiger partial charge in [-0.25, -0.2) is 0 Å². The molecule has 30 heavy (non-hydrogen) atoms. The van der Waals surface area contributed by atoms with E-state index in [1.165, 1.54) is 0 Å². The molecule has 16 heteroatoms. The van der Waals surface area contributed by atoms with Gasteiger partial charge in [0.2, 0.25) is 21.7 Å². The highest BCUT2D eigenvalue weighted by atomic mass is 32.2. The van der Waals surface area contributed by atoms with E-state index in [2.05, 4.69) is 0 Å². The number of hydrogen-bond acceptors (Lipinski definition) is 12. The van der Waals surface area contributed by atoms with Gasteiger partial charge in [-0.15, -0.1) is 0 Å². The number of rotatable bonds is 2. The summed E-state index contributed by atoms with van der Waals surface area (Å²) in [6.07, 6.45) is 0. The molecule has 0 spiro atoms. The van der Waals surface area contributed by atoms with Gasteiger partial charge in [0.25, 0.3) is 10.9 Å². The molecule has 0 radical (unpaired) electrons. The van der Waals surface area contributed by atoms with Gasteiger partial charge in [0.15, 0.2) is 21.3 Å². The minimum atomic E-state index is -5.62. The van der Waals surface area contributed by atoms with Crippen molar-refractivity contribution >= 4 is 41.8 Å². The lowest BCUT2D eigenvalue weighted by Gasteiger charge is -2.07. The molecule has 0 aliphatic carbocycles. The van der Waals surface area contributed by atoms with E-state index in [4.69, 9.17) is 9.11 Å². The first kappa shape index (κ1) is 21.1. The summed E-state index contributed by atoms with van der Waals surface area (Å²) in [6.45, 7) is 0. The molecule has 0 aliphatic rings. The fourth-order valence-corrected chi connectivity index (χ4v) is 4.29. The molecule has 0 fully saturated rings. The molecule has 0 heterocycles. The molecule has 0 saturated heterocycles. The van der Waals surface area contributed by atoms with Crippen LogP contribution in [0.3, 0.4) is 0 Å². The predicted molar refractivity (Wildman–Crippen MR) is 95.6 cm³/mol. The van der Waals surface area contributed by atoms with Crippen molar-refractivity contribution in [2.75, 3.05) is 0 Å². The topological polar surface area (TPSA) is 252 Å². The Hall–Kier alpha value is -3.60.